The van der Waals surface area contributed by atoms with Crippen molar-refractivity contribution < 1.29 is 9.90 Å². The second-order valence-corrected chi connectivity index (χ2v) is 8.40. The molecule has 0 radical (unpaired) electrons. The summed E-state index contributed by atoms with van der Waals surface area (Å²) < 4.78 is 0. The van der Waals surface area contributed by atoms with E-state index in [-0.39, 0.29) is 5.92 Å². The van der Waals surface area contributed by atoms with Gasteiger partial charge in [0.2, 0.25) is 0 Å². The third kappa shape index (κ3) is 2.69. The maximum atomic E-state index is 12.1. The minimum Gasteiger partial charge on any atom is -0.478 e. The van der Waals surface area contributed by atoms with Crippen LogP contribution in [0.3, 0.4) is 0 Å². The molecule has 1 unspecified atom stereocenters. The average molecular weight is 343 g/mol. The highest BCUT2D eigenvalue weighted by Gasteiger charge is 2.31. The lowest BCUT2D eigenvalue weighted by atomic mass is 9.83. The van der Waals surface area contributed by atoms with Gasteiger partial charge in [0.15, 0.2) is 0 Å². The molecule has 0 saturated heterocycles. The van der Waals surface area contributed by atoms with Crippen LogP contribution in [-0.2, 0) is 19.3 Å². The number of benzene rings is 1. The molecule has 3 heteroatoms. The summed E-state index contributed by atoms with van der Waals surface area (Å²) in [4.78, 5) is 14.4. The van der Waals surface area contributed by atoms with E-state index in [4.69, 9.17) is 0 Å². The Hall–Kier alpha value is -1.61. The molecule has 24 heavy (non-hydrogen) atoms. The summed E-state index contributed by atoms with van der Waals surface area (Å²) in [6.07, 6.45) is 2.96. The summed E-state index contributed by atoms with van der Waals surface area (Å²) in [5.41, 5.74) is 6.68. The third-order valence-corrected chi connectivity index (χ3v) is 6.92. The van der Waals surface area contributed by atoms with Crippen LogP contribution in [0.5, 0.6) is 0 Å². The Morgan fingerprint density at radius 2 is 1.96 bits per heavy atom. The zero-order valence-electron chi connectivity index (χ0n) is 15.2. The second kappa shape index (κ2) is 6.36. The van der Waals surface area contributed by atoms with Crippen LogP contribution in [0.25, 0.3) is 11.1 Å². The van der Waals surface area contributed by atoms with Crippen molar-refractivity contribution in [2.75, 3.05) is 0 Å². The first-order valence-corrected chi connectivity index (χ1v) is 9.68. The minimum absolute atomic E-state index is 0.270. The molecule has 1 atom stereocenters. The largest absolute Gasteiger partial charge is 0.478 e. The van der Waals surface area contributed by atoms with Crippen molar-refractivity contribution in [3.63, 3.8) is 0 Å². The predicted octanol–water partition coefficient (Wildman–Crippen LogP) is 5.84. The van der Waals surface area contributed by atoms with Crippen LogP contribution in [0.15, 0.2) is 12.1 Å². The molecule has 1 heterocycles. The van der Waals surface area contributed by atoms with Crippen molar-refractivity contribution in [3.8, 4) is 11.1 Å². The van der Waals surface area contributed by atoms with Gasteiger partial charge in [-0.2, -0.15) is 0 Å². The van der Waals surface area contributed by atoms with E-state index in [0.717, 1.165) is 35.3 Å². The smallest absolute Gasteiger partial charge is 0.337 e. The van der Waals surface area contributed by atoms with Crippen molar-refractivity contribution in [1.82, 2.24) is 0 Å². The van der Waals surface area contributed by atoms with Crippen LogP contribution in [0.2, 0.25) is 0 Å². The number of carboxylic acid groups (broad SMARTS) is 1. The Morgan fingerprint density at radius 3 is 2.54 bits per heavy atom. The lowest BCUT2D eigenvalue weighted by Gasteiger charge is -2.20. The molecule has 0 amide bonds. The fraction of sp³-hybridized carbons (Fsp3) is 0.476. The van der Waals surface area contributed by atoms with E-state index in [1.807, 2.05) is 0 Å². The van der Waals surface area contributed by atoms with Gasteiger partial charge < -0.3 is 5.11 Å². The Labute approximate surface area is 148 Å². The van der Waals surface area contributed by atoms with Gasteiger partial charge in [-0.1, -0.05) is 39.8 Å². The van der Waals surface area contributed by atoms with Crippen LogP contribution in [-0.4, -0.2) is 11.1 Å². The van der Waals surface area contributed by atoms with Crippen LogP contribution in [0.4, 0.5) is 0 Å². The first kappa shape index (κ1) is 17.2. The monoisotopic (exact) mass is 342 g/mol. The molecular weight excluding hydrogens is 316 g/mol. The van der Waals surface area contributed by atoms with Gasteiger partial charge in [-0.05, 0) is 60.3 Å². The van der Waals surface area contributed by atoms with Crippen molar-refractivity contribution in [2.24, 2.45) is 5.92 Å². The maximum Gasteiger partial charge on any atom is 0.337 e. The molecule has 1 aromatic carbocycles. The minimum atomic E-state index is -0.776. The van der Waals surface area contributed by atoms with E-state index in [2.05, 4.69) is 46.8 Å². The maximum absolute atomic E-state index is 12.1. The van der Waals surface area contributed by atoms with Crippen LogP contribution >= 0.6 is 11.3 Å². The third-order valence-electron chi connectivity index (χ3n) is 5.47. The average Bonchev–Trinajstić information content (AvgIpc) is 2.93. The van der Waals surface area contributed by atoms with Gasteiger partial charge in [-0.15, -0.1) is 11.3 Å². The van der Waals surface area contributed by atoms with Gasteiger partial charge in [0.1, 0.15) is 0 Å². The molecule has 0 spiro atoms. The summed E-state index contributed by atoms with van der Waals surface area (Å²) in [6.45, 7) is 10.8. The van der Waals surface area contributed by atoms with Crippen molar-refractivity contribution >= 4 is 17.3 Å². The molecule has 0 fully saturated rings. The van der Waals surface area contributed by atoms with E-state index >= 15 is 0 Å². The van der Waals surface area contributed by atoms with Gasteiger partial charge in [0.05, 0.1) is 5.56 Å². The number of carboxylic acids is 1. The fourth-order valence-corrected chi connectivity index (χ4v) is 5.21. The number of hydrogen-bond donors (Lipinski definition) is 1. The Bertz CT molecular complexity index is 799. The van der Waals surface area contributed by atoms with Gasteiger partial charge in [-0.25, -0.2) is 4.79 Å². The Morgan fingerprint density at radius 1 is 1.25 bits per heavy atom. The van der Waals surface area contributed by atoms with Gasteiger partial charge >= 0.3 is 5.97 Å². The molecule has 0 bridgehead atoms. The lowest BCUT2D eigenvalue weighted by molar-refractivity contribution is 0.0696. The topological polar surface area (TPSA) is 37.3 Å². The van der Waals surface area contributed by atoms with E-state index < -0.39 is 5.97 Å². The molecule has 1 N–H and O–H groups in total. The number of fused-ring (bicyclic) bond motifs is 3. The second-order valence-electron chi connectivity index (χ2n) is 7.27. The highest BCUT2D eigenvalue weighted by atomic mass is 32.1. The van der Waals surface area contributed by atoms with Crippen molar-refractivity contribution in [3.05, 3.63) is 44.1 Å². The van der Waals surface area contributed by atoms with Crippen molar-refractivity contribution in [1.29, 1.82) is 0 Å². The lowest BCUT2D eigenvalue weighted by Crippen LogP contribution is -2.10. The molecule has 0 aliphatic heterocycles. The number of rotatable bonds is 4. The summed E-state index contributed by atoms with van der Waals surface area (Å²) >= 11 is 1.73. The zero-order chi connectivity index (χ0) is 17.6. The van der Waals surface area contributed by atoms with E-state index in [1.165, 1.54) is 21.6 Å². The first-order valence-electron chi connectivity index (χ1n) is 8.86. The standard InChI is InChI=1S/C21H26O2S/c1-6-14-10-16-15(9-12(14)4)7-8-17-18(16)19(21(22)23)20(24-17)13(5)11(2)3/h9-11,13H,6-8H2,1-5H3,(H,22,23). The molecule has 0 saturated carbocycles. The summed E-state index contributed by atoms with van der Waals surface area (Å²) in [7, 11) is 0. The highest BCUT2D eigenvalue weighted by molar-refractivity contribution is 7.13. The number of thiophene rings is 1. The Kier molecular flexibility index (Phi) is 4.56. The van der Waals surface area contributed by atoms with Gasteiger partial charge in [0.25, 0.3) is 0 Å². The summed E-state index contributed by atoms with van der Waals surface area (Å²) in [5.74, 6) is -0.0698. The summed E-state index contributed by atoms with van der Waals surface area (Å²) in [6, 6.07) is 4.51. The molecular formula is C21H26O2S. The first-order chi connectivity index (χ1) is 11.3. The van der Waals surface area contributed by atoms with Crippen LogP contribution in [0.1, 0.15) is 70.4 Å². The normalized spacial score (nSPS) is 14.4. The van der Waals surface area contributed by atoms with E-state index in [1.54, 1.807) is 11.3 Å². The number of carbonyl (C=O) groups is 1. The molecule has 2 aromatic rings. The summed E-state index contributed by atoms with van der Waals surface area (Å²) in [5, 5.41) is 9.95. The molecule has 1 aromatic heterocycles. The van der Waals surface area contributed by atoms with Gasteiger partial charge in [-0.3, -0.25) is 0 Å². The fourth-order valence-electron chi connectivity index (χ4n) is 3.68. The van der Waals surface area contributed by atoms with E-state index in [9.17, 15) is 9.90 Å². The SMILES string of the molecule is CCc1cc2c(cc1C)CCc1sc(C(C)C(C)C)c(C(=O)O)c1-2. The van der Waals surface area contributed by atoms with Crippen LogP contribution < -0.4 is 0 Å². The predicted molar refractivity (Wildman–Crippen MR) is 101 cm³/mol. The molecule has 128 valence electrons. The highest BCUT2D eigenvalue weighted by Crippen LogP contribution is 2.46. The number of hydrogen-bond acceptors (Lipinski definition) is 2. The zero-order valence-corrected chi connectivity index (χ0v) is 16.0. The van der Waals surface area contributed by atoms with Crippen LogP contribution in [0, 0.1) is 12.8 Å². The van der Waals surface area contributed by atoms with E-state index in [0.29, 0.717) is 11.5 Å². The molecule has 1 aliphatic rings. The van der Waals surface area contributed by atoms with Gasteiger partial charge in [0, 0.05) is 15.3 Å². The molecule has 3 rings (SSSR count). The number of aryl methyl sites for hydroxylation is 4. The van der Waals surface area contributed by atoms with Crippen molar-refractivity contribution in [2.45, 2.75) is 59.8 Å². The Balaban J connectivity index is 2.28. The quantitative estimate of drug-likeness (QED) is 0.757. The molecule has 1 aliphatic carbocycles. The molecule has 2 nitrogen and oxygen atoms in total. The number of aromatic carboxylic acids is 1.